The van der Waals surface area contributed by atoms with Crippen molar-refractivity contribution < 1.29 is 28.5 Å². The normalized spacial score (nSPS) is 17.9. The largest absolute Gasteiger partial charge is 0.493 e. The fourth-order valence-corrected chi connectivity index (χ4v) is 2.39. The Bertz CT molecular complexity index is 582. The first-order chi connectivity index (χ1) is 11.5. The maximum Gasteiger partial charge on any atom is 0.336 e. The first-order valence-corrected chi connectivity index (χ1v) is 7.86. The molecular formula is C17H23NO6. The Kier molecular flexibility index (Phi) is 6.43. The Morgan fingerprint density at radius 1 is 1.29 bits per heavy atom. The van der Waals surface area contributed by atoms with Crippen LogP contribution in [0.15, 0.2) is 18.2 Å². The van der Waals surface area contributed by atoms with Gasteiger partial charge in [-0.25, -0.2) is 4.79 Å². The third-order valence-electron chi connectivity index (χ3n) is 3.77. The smallest absolute Gasteiger partial charge is 0.336 e. The molecular weight excluding hydrogens is 314 g/mol. The molecule has 0 saturated carbocycles. The van der Waals surface area contributed by atoms with Crippen molar-refractivity contribution in [1.29, 1.82) is 0 Å². The van der Waals surface area contributed by atoms with Crippen LogP contribution in [-0.2, 0) is 25.6 Å². The van der Waals surface area contributed by atoms with E-state index in [0.29, 0.717) is 31.1 Å². The Morgan fingerprint density at radius 3 is 2.67 bits per heavy atom. The molecule has 0 radical (unpaired) electrons. The summed E-state index contributed by atoms with van der Waals surface area (Å²) in [5, 5.41) is 2.73. The van der Waals surface area contributed by atoms with E-state index in [1.807, 2.05) is 6.07 Å². The average Bonchev–Trinajstić information content (AvgIpc) is 3.13. The van der Waals surface area contributed by atoms with Crippen molar-refractivity contribution in [2.45, 2.75) is 38.5 Å². The third kappa shape index (κ3) is 4.61. The van der Waals surface area contributed by atoms with Crippen LogP contribution in [0.1, 0.15) is 25.3 Å². The van der Waals surface area contributed by atoms with E-state index in [9.17, 15) is 9.59 Å². The van der Waals surface area contributed by atoms with Gasteiger partial charge in [0.2, 0.25) is 0 Å². The van der Waals surface area contributed by atoms with Gasteiger partial charge in [0, 0.05) is 13.2 Å². The SMILES string of the molecule is COc1ccc(CNC(=O)[C@@H](C)OC(=O)[C@@H]2CCCO2)cc1OC. The minimum absolute atomic E-state index is 0.293. The maximum absolute atomic E-state index is 12.1. The van der Waals surface area contributed by atoms with Crippen LogP contribution in [0.2, 0.25) is 0 Å². The first kappa shape index (κ1) is 18.1. The van der Waals surface area contributed by atoms with Gasteiger partial charge >= 0.3 is 5.97 Å². The number of methoxy groups -OCH3 is 2. The van der Waals surface area contributed by atoms with Gasteiger partial charge in [-0.3, -0.25) is 4.79 Å². The summed E-state index contributed by atoms with van der Waals surface area (Å²) in [6.07, 6.45) is 0.0475. The third-order valence-corrected chi connectivity index (χ3v) is 3.77. The summed E-state index contributed by atoms with van der Waals surface area (Å²) in [6.45, 7) is 2.39. The summed E-state index contributed by atoms with van der Waals surface area (Å²) < 4.78 is 20.8. The Morgan fingerprint density at radius 2 is 2.04 bits per heavy atom. The van der Waals surface area contributed by atoms with Crippen molar-refractivity contribution >= 4 is 11.9 Å². The predicted molar refractivity (Wildman–Crippen MR) is 85.9 cm³/mol. The highest BCUT2D eigenvalue weighted by Gasteiger charge is 2.28. The molecule has 0 unspecified atom stereocenters. The van der Waals surface area contributed by atoms with Crippen molar-refractivity contribution in [3.8, 4) is 11.5 Å². The molecule has 7 heteroatoms. The molecule has 1 saturated heterocycles. The van der Waals surface area contributed by atoms with Crippen molar-refractivity contribution in [3.63, 3.8) is 0 Å². The number of hydrogen-bond acceptors (Lipinski definition) is 6. The molecule has 0 aliphatic carbocycles. The van der Waals surface area contributed by atoms with Gasteiger partial charge in [0.1, 0.15) is 0 Å². The fraction of sp³-hybridized carbons (Fsp3) is 0.529. The quantitative estimate of drug-likeness (QED) is 0.758. The number of amides is 1. The Hall–Kier alpha value is -2.28. The van der Waals surface area contributed by atoms with Crippen LogP contribution in [0.25, 0.3) is 0 Å². The molecule has 2 rings (SSSR count). The highest BCUT2D eigenvalue weighted by molar-refractivity contribution is 5.84. The second kappa shape index (κ2) is 8.54. The summed E-state index contributed by atoms with van der Waals surface area (Å²) in [5.74, 6) is 0.353. The van der Waals surface area contributed by atoms with Crippen LogP contribution in [-0.4, -0.2) is 44.9 Å². The number of rotatable bonds is 7. The van der Waals surface area contributed by atoms with E-state index in [2.05, 4.69) is 5.32 Å². The minimum atomic E-state index is -0.873. The number of esters is 1. The lowest BCUT2D eigenvalue weighted by molar-refractivity contribution is -0.163. The Labute approximate surface area is 141 Å². The van der Waals surface area contributed by atoms with E-state index in [1.165, 1.54) is 6.92 Å². The maximum atomic E-state index is 12.1. The van der Waals surface area contributed by atoms with E-state index in [4.69, 9.17) is 18.9 Å². The van der Waals surface area contributed by atoms with Gasteiger partial charge in [-0.1, -0.05) is 6.07 Å². The van der Waals surface area contributed by atoms with Crippen LogP contribution in [0.5, 0.6) is 11.5 Å². The molecule has 132 valence electrons. The molecule has 1 heterocycles. The van der Waals surface area contributed by atoms with Crippen molar-refractivity contribution in [1.82, 2.24) is 5.32 Å². The van der Waals surface area contributed by atoms with Crippen LogP contribution < -0.4 is 14.8 Å². The molecule has 1 aromatic rings. The standard InChI is InChI=1S/C17H23NO6/c1-11(24-17(20)14-5-4-8-23-14)16(19)18-10-12-6-7-13(21-2)15(9-12)22-3/h6-7,9,11,14H,4-5,8,10H2,1-3H3,(H,18,19)/t11-,14+/m1/s1. The van der Waals surface area contributed by atoms with Crippen molar-refractivity contribution in [3.05, 3.63) is 23.8 Å². The summed E-state index contributed by atoms with van der Waals surface area (Å²) in [6, 6.07) is 5.37. The number of benzene rings is 1. The zero-order chi connectivity index (χ0) is 17.5. The van der Waals surface area contributed by atoms with Gasteiger partial charge in [0.05, 0.1) is 14.2 Å². The first-order valence-electron chi connectivity index (χ1n) is 7.86. The fourth-order valence-electron chi connectivity index (χ4n) is 2.39. The second-order valence-electron chi connectivity index (χ2n) is 5.49. The van der Waals surface area contributed by atoms with E-state index >= 15 is 0 Å². The molecule has 0 aromatic heterocycles. The van der Waals surface area contributed by atoms with Crippen LogP contribution in [0, 0.1) is 0 Å². The van der Waals surface area contributed by atoms with Gasteiger partial charge in [0.25, 0.3) is 5.91 Å². The number of ether oxygens (including phenoxy) is 4. The topological polar surface area (TPSA) is 83.1 Å². The van der Waals surface area contributed by atoms with Gasteiger partial charge in [-0.05, 0) is 37.5 Å². The number of carbonyl (C=O) groups excluding carboxylic acids is 2. The van der Waals surface area contributed by atoms with Crippen LogP contribution in [0.4, 0.5) is 0 Å². The zero-order valence-corrected chi connectivity index (χ0v) is 14.2. The lowest BCUT2D eigenvalue weighted by atomic mass is 10.2. The highest BCUT2D eigenvalue weighted by atomic mass is 16.6. The van der Waals surface area contributed by atoms with Gasteiger partial charge < -0.3 is 24.3 Å². The molecule has 1 N–H and O–H groups in total. The molecule has 0 bridgehead atoms. The summed E-state index contributed by atoms with van der Waals surface area (Å²) >= 11 is 0. The van der Waals surface area contributed by atoms with Gasteiger partial charge in [-0.2, -0.15) is 0 Å². The molecule has 24 heavy (non-hydrogen) atoms. The molecule has 1 aliphatic rings. The number of hydrogen-bond donors (Lipinski definition) is 1. The molecule has 1 aliphatic heterocycles. The zero-order valence-electron chi connectivity index (χ0n) is 14.2. The molecule has 1 aromatic carbocycles. The minimum Gasteiger partial charge on any atom is -0.493 e. The van der Waals surface area contributed by atoms with Crippen LogP contribution in [0.3, 0.4) is 0 Å². The highest BCUT2D eigenvalue weighted by Crippen LogP contribution is 2.27. The summed E-state index contributed by atoms with van der Waals surface area (Å²) in [5.41, 5.74) is 0.846. The van der Waals surface area contributed by atoms with E-state index in [1.54, 1.807) is 26.4 Å². The van der Waals surface area contributed by atoms with Gasteiger partial charge in [0.15, 0.2) is 23.7 Å². The lowest BCUT2D eigenvalue weighted by Gasteiger charge is -2.16. The van der Waals surface area contributed by atoms with E-state index in [0.717, 1.165) is 12.0 Å². The molecule has 0 spiro atoms. The Balaban J connectivity index is 1.84. The number of nitrogens with one attached hydrogen (secondary N) is 1. The van der Waals surface area contributed by atoms with Crippen molar-refractivity contribution in [2.75, 3.05) is 20.8 Å². The van der Waals surface area contributed by atoms with Gasteiger partial charge in [-0.15, -0.1) is 0 Å². The van der Waals surface area contributed by atoms with Crippen molar-refractivity contribution in [2.24, 2.45) is 0 Å². The second-order valence-corrected chi connectivity index (χ2v) is 5.49. The molecule has 7 nitrogen and oxygen atoms in total. The van der Waals surface area contributed by atoms with E-state index in [-0.39, 0.29) is 5.91 Å². The van der Waals surface area contributed by atoms with E-state index < -0.39 is 18.2 Å². The molecule has 1 amide bonds. The lowest BCUT2D eigenvalue weighted by Crippen LogP contribution is -2.37. The molecule has 1 fully saturated rings. The number of carbonyl (C=O) groups is 2. The van der Waals surface area contributed by atoms with Crippen LogP contribution >= 0.6 is 0 Å². The predicted octanol–water partition coefficient (Wildman–Crippen LogP) is 1.43. The molecule has 2 atom stereocenters. The monoisotopic (exact) mass is 337 g/mol. The summed E-state index contributed by atoms with van der Waals surface area (Å²) in [7, 11) is 3.11. The average molecular weight is 337 g/mol. The summed E-state index contributed by atoms with van der Waals surface area (Å²) in [4.78, 5) is 23.9.